The molecule has 27 heavy (non-hydrogen) atoms. The average molecular weight is 398 g/mol. The van der Waals surface area contributed by atoms with Gasteiger partial charge in [0.05, 0.1) is 6.61 Å². The van der Waals surface area contributed by atoms with Crippen molar-refractivity contribution in [2.45, 2.75) is 45.4 Å². The summed E-state index contributed by atoms with van der Waals surface area (Å²) in [6.07, 6.45) is 2.28. The third-order valence-corrected chi connectivity index (χ3v) is 4.72. The molecule has 1 aliphatic rings. The maximum atomic E-state index is 11.9. The summed E-state index contributed by atoms with van der Waals surface area (Å²) in [6, 6.07) is 8.24. The molecule has 6 heteroatoms. The van der Waals surface area contributed by atoms with Crippen molar-refractivity contribution in [2.24, 2.45) is 0 Å². The lowest BCUT2D eigenvalue weighted by Crippen LogP contribution is -2.44. The van der Waals surface area contributed by atoms with E-state index in [9.17, 15) is 4.79 Å². The highest BCUT2D eigenvalue weighted by atomic mass is 35.5. The van der Waals surface area contributed by atoms with Gasteiger partial charge < -0.3 is 20.3 Å². The number of nitrogens with one attached hydrogen (secondary N) is 2. The monoisotopic (exact) mass is 397 g/mol. The topological polar surface area (TPSA) is 53.6 Å². The zero-order valence-corrected chi connectivity index (χ0v) is 17.9. The van der Waals surface area contributed by atoms with E-state index in [1.54, 1.807) is 0 Å². The number of rotatable bonds is 9. The third kappa shape index (κ3) is 9.45. The van der Waals surface area contributed by atoms with Crippen LogP contribution in [0.1, 0.15) is 45.6 Å². The van der Waals surface area contributed by atoms with Crippen LogP contribution in [0.4, 0.5) is 0 Å². The second kappa shape index (κ2) is 12.2. The maximum Gasteiger partial charge on any atom is 0.220 e. The molecule has 1 amide bonds. The molecule has 5 nitrogen and oxygen atoms in total. The Morgan fingerprint density at radius 1 is 1.15 bits per heavy atom. The molecule has 1 aromatic rings. The van der Waals surface area contributed by atoms with Crippen molar-refractivity contribution < 1.29 is 9.53 Å². The van der Waals surface area contributed by atoms with Crippen molar-refractivity contribution in [2.75, 3.05) is 45.9 Å². The predicted molar refractivity (Wildman–Crippen MR) is 114 cm³/mol. The van der Waals surface area contributed by atoms with Gasteiger partial charge in [0.2, 0.25) is 5.91 Å². The molecular formula is C21H36ClN3O2. The van der Waals surface area contributed by atoms with Gasteiger partial charge >= 0.3 is 0 Å². The Hall–Kier alpha value is -1.30. The van der Waals surface area contributed by atoms with Gasteiger partial charge in [-0.1, -0.05) is 32.9 Å². The lowest BCUT2D eigenvalue weighted by Gasteiger charge is -2.27. The van der Waals surface area contributed by atoms with Crippen molar-refractivity contribution in [1.82, 2.24) is 15.5 Å². The highest BCUT2D eigenvalue weighted by molar-refractivity contribution is 5.85. The number of benzene rings is 1. The summed E-state index contributed by atoms with van der Waals surface area (Å²) in [7, 11) is 0. The molecule has 0 saturated carbocycles. The molecule has 0 radical (unpaired) electrons. The molecule has 0 aliphatic carbocycles. The number of ether oxygens (including phenoxy) is 1. The molecule has 2 N–H and O–H groups in total. The van der Waals surface area contributed by atoms with Crippen LogP contribution < -0.4 is 15.4 Å². The zero-order chi connectivity index (χ0) is 18.8. The fourth-order valence-electron chi connectivity index (χ4n) is 3.03. The quantitative estimate of drug-likeness (QED) is 0.629. The first-order valence-corrected chi connectivity index (χ1v) is 9.88. The minimum absolute atomic E-state index is 0. The second-order valence-corrected chi connectivity index (χ2v) is 8.02. The summed E-state index contributed by atoms with van der Waals surface area (Å²) in [5, 5.41) is 6.36. The number of hydrogen-bond acceptors (Lipinski definition) is 4. The number of carbonyl (C=O) groups is 1. The average Bonchev–Trinajstić information content (AvgIpc) is 2.63. The Bertz CT molecular complexity index is 537. The van der Waals surface area contributed by atoms with E-state index >= 15 is 0 Å². The molecule has 0 unspecified atom stereocenters. The van der Waals surface area contributed by atoms with Crippen LogP contribution in [0.25, 0.3) is 0 Å². The maximum absolute atomic E-state index is 11.9. The van der Waals surface area contributed by atoms with Crippen molar-refractivity contribution in [3.05, 3.63) is 29.8 Å². The molecule has 1 aliphatic heterocycles. The van der Waals surface area contributed by atoms with Gasteiger partial charge in [0.15, 0.2) is 0 Å². The Balaban J connectivity index is 0.00000364. The van der Waals surface area contributed by atoms with Crippen LogP contribution in [0.2, 0.25) is 0 Å². The highest BCUT2D eigenvalue weighted by Gasteiger charge is 2.13. The molecule has 1 fully saturated rings. The smallest absolute Gasteiger partial charge is 0.220 e. The van der Waals surface area contributed by atoms with Gasteiger partial charge in [-0.15, -0.1) is 12.4 Å². The van der Waals surface area contributed by atoms with Crippen LogP contribution in [0, 0.1) is 0 Å². The summed E-state index contributed by atoms with van der Waals surface area (Å²) in [5.41, 5.74) is 1.45. The number of carbonyl (C=O) groups excluding carboxylic acids is 1. The Morgan fingerprint density at radius 2 is 1.81 bits per heavy atom. The summed E-state index contributed by atoms with van der Waals surface area (Å²) in [5.74, 6) is 0.992. The highest BCUT2D eigenvalue weighted by Crippen LogP contribution is 2.24. The molecule has 0 spiro atoms. The molecule has 154 valence electrons. The van der Waals surface area contributed by atoms with Crippen LogP contribution in [0.3, 0.4) is 0 Å². The molecule has 2 rings (SSSR count). The van der Waals surface area contributed by atoms with Gasteiger partial charge in [-0.25, -0.2) is 0 Å². The van der Waals surface area contributed by atoms with Crippen molar-refractivity contribution in [1.29, 1.82) is 0 Å². The van der Waals surface area contributed by atoms with Gasteiger partial charge in [-0.05, 0) is 42.5 Å². The van der Waals surface area contributed by atoms with Crippen LogP contribution in [-0.2, 0) is 10.2 Å². The summed E-state index contributed by atoms with van der Waals surface area (Å²) >= 11 is 0. The lowest BCUT2D eigenvalue weighted by molar-refractivity contribution is -0.121. The third-order valence-electron chi connectivity index (χ3n) is 4.72. The fourth-order valence-corrected chi connectivity index (χ4v) is 3.03. The van der Waals surface area contributed by atoms with E-state index in [4.69, 9.17) is 4.74 Å². The first kappa shape index (κ1) is 23.7. The molecule has 0 bridgehead atoms. The van der Waals surface area contributed by atoms with Crippen LogP contribution in [0.5, 0.6) is 5.75 Å². The predicted octanol–water partition coefficient (Wildman–Crippen LogP) is 2.98. The molecule has 1 heterocycles. The standard InChI is InChI=1S/C21H35N3O2.ClH/c1-21(2,3)18-7-9-19(10-8-18)26-17-4-6-20(25)23-11-5-14-24-15-12-22-13-16-24;/h7-10,22H,4-6,11-17H2,1-3H3,(H,23,25);1H. The van der Waals surface area contributed by atoms with Gasteiger partial charge in [0.25, 0.3) is 0 Å². The van der Waals surface area contributed by atoms with Crippen LogP contribution >= 0.6 is 12.4 Å². The van der Waals surface area contributed by atoms with Crippen molar-refractivity contribution in [3.63, 3.8) is 0 Å². The minimum atomic E-state index is 0. The van der Waals surface area contributed by atoms with E-state index in [0.717, 1.165) is 57.9 Å². The van der Waals surface area contributed by atoms with Crippen LogP contribution in [0.15, 0.2) is 24.3 Å². The number of hydrogen-bond donors (Lipinski definition) is 2. The largest absolute Gasteiger partial charge is 0.494 e. The normalized spacial score (nSPS) is 15.1. The number of amides is 1. The van der Waals surface area contributed by atoms with E-state index in [2.05, 4.69) is 48.4 Å². The SMILES string of the molecule is CC(C)(C)c1ccc(OCCCC(=O)NCCCN2CCNCC2)cc1.Cl. The summed E-state index contributed by atoms with van der Waals surface area (Å²) in [4.78, 5) is 14.3. The van der Waals surface area contributed by atoms with Crippen molar-refractivity contribution >= 4 is 18.3 Å². The van der Waals surface area contributed by atoms with E-state index in [1.807, 2.05) is 12.1 Å². The zero-order valence-electron chi connectivity index (χ0n) is 17.1. The molecule has 0 aromatic heterocycles. The van der Waals surface area contributed by atoms with Gasteiger partial charge in [-0.2, -0.15) is 0 Å². The lowest BCUT2D eigenvalue weighted by atomic mass is 9.87. The molecule has 0 atom stereocenters. The van der Waals surface area contributed by atoms with Crippen molar-refractivity contribution in [3.8, 4) is 5.75 Å². The van der Waals surface area contributed by atoms with Gasteiger partial charge in [-0.3, -0.25) is 4.79 Å². The molecule has 1 saturated heterocycles. The number of nitrogens with zero attached hydrogens (tertiary/aromatic N) is 1. The van der Waals surface area contributed by atoms with E-state index in [-0.39, 0.29) is 23.7 Å². The Kier molecular flexibility index (Phi) is 10.7. The minimum Gasteiger partial charge on any atom is -0.494 e. The van der Waals surface area contributed by atoms with Gasteiger partial charge in [0, 0.05) is 39.1 Å². The second-order valence-electron chi connectivity index (χ2n) is 8.02. The molecule has 1 aromatic carbocycles. The summed E-state index contributed by atoms with van der Waals surface area (Å²) in [6.45, 7) is 13.4. The first-order chi connectivity index (χ1) is 12.4. The number of piperazine rings is 1. The van der Waals surface area contributed by atoms with Crippen LogP contribution in [-0.4, -0.2) is 56.7 Å². The van der Waals surface area contributed by atoms with Gasteiger partial charge in [0.1, 0.15) is 5.75 Å². The van der Waals surface area contributed by atoms with E-state index in [1.165, 1.54) is 5.56 Å². The van der Waals surface area contributed by atoms with E-state index in [0.29, 0.717) is 13.0 Å². The first-order valence-electron chi connectivity index (χ1n) is 9.88. The summed E-state index contributed by atoms with van der Waals surface area (Å²) < 4.78 is 5.74. The van der Waals surface area contributed by atoms with E-state index < -0.39 is 0 Å². The number of halogens is 1. The molecular weight excluding hydrogens is 362 g/mol. The Labute approximate surface area is 170 Å². The fraction of sp³-hybridized carbons (Fsp3) is 0.667. The Morgan fingerprint density at radius 3 is 2.44 bits per heavy atom.